The molecule has 2 amide bonds. The highest BCUT2D eigenvalue weighted by molar-refractivity contribution is 6.05. The zero-order chi connectivity index (χ0) is 21.6. The Morgan fingerprint density at radius 2 is 1.26 bits per heavy atom. The molecule has 4 nitrogen and oxygen atoms in total. The SMILES string of the molecule is Cc1ccccc1NC(=O)c1ccc(C(=O)N(C2CCCCC2)C2CCCCC2)cc1. The number of nitrogens with one attached hydrogen (secondary N) is 1. The van der Waals surface area contributed by atoms with E-state index in [1.54, 1.807) is 12.1 Å². The van der Waals surface area contributed by atoms with Crippen LogP contribution >= 0.6 is 0 Å². The lowest BCUT2D eigenvalue weighted by Gasteiger charge is -2.42. The molecule has 1 N–H and O–H groups in total. The number of nitrogens with zero attached hydrogens (tertiary/aromatic N) is 1. The largest absolute Gasteiger partial charge is 0.333 e. The lowest BCUT2D eigenvalue weighted by atomic mass is 9.88. The zero-order valence-corrected chi connectivity index (χ0v) is 18.6. The first-order valence-electron chi connectivity index (χ1n) is 11.9. The highest BCUT2D eigenvalue weighted by Gasteiger charge is 2.33. The molecular formula is C27H34N2O2. The van der Waals surface area contributed by atoms with Gasteiger partial charge in [0.15, 0.2) is 0 Å². The number of benzene rings is 2. The van der Waals surface area contributed by atoms with Gasteiger partial charge in [-0.25, -0.2) is 0 Å². The molecule has 0 radical (unpaired) electrons. The second kappa shape index (κ2) is 10.1. The van der Waals surface area contributed by atoms with Gasteiger partial charge in [0.2, 0.25) is 0 Å². The molecule has 2 aromatic carbocycles. The Labute approximate surface area is 186 Å². The molecular weight excluding hydrogens is 384 g/mol. The van der Waals surface area contributed by atoms with Gasteiger partial charge in [-0.3, -0.25) is 9.59 Å². The van der Waals surface area contributed by atoms with Crippen molar-refractivity contribution in [1.29, 1.82) is 0 Å². The molecule has 31 heavy (non-hydrogen) atoms. The predicted octanol–water partition coefficient (Wildman–Crippen LogP) is 6.35. The van der Waals surface area contributed by atoms with Gasteiger partial charge in [0.1, 0.15) is 0 Å². The van der Waals surface area contributed by atoms with Crippen molar-refractivity contribution < 1.29 is 9.59 Å². The van der Waals surface area contributed by atoms with Crippen LogP contribution in [0.5, 0.6) is 0 Å². The number of anilines is 1. The van der Waals surface area contributed by atoms with Crippen LogP contribution in [0, 0.1) is 6.92 Å². The van der Waals surface area contributed by atoms with Crippen molar-refractivity contribution in [2.45, 2.75) is 83.2 Å². The molecule has 0 aliphatic heterocycles. The van der Waals surface area contributed by atoms with E-state index in [2.05, 4.69) is 10.2 Å². The van der Waals surface area contributed by atoms with E-state index in [-0.39, 0.29) is 11.8 Å². The van der Waals surface area contributed by atoms with E-state index in [0.717, 1.165) is 36.9 Å². The van der Waals surface area contributed by atoms with Crippen LogP contribution in [0.25, 0.3) is 0 Å². The molecule has 164 valence electrons. The number of hydrogen-bond donors (Lipinski definition) is 1. The highest BCUT2D eigenvalue weighted by Crippen LogP contribution is 2.31. The second-order valence-electron chi connectivity index (χ2n) is 9.14. The van der Waals surface area contributed by atoms with Crippen LogP contribution in [0.4, 0.5) is 5.69 Å². The predicted molar refractivity (Wildman–Crippen MR) is 125 cm³/mol. The van der Waals surface area contributed by atoms with Crippen LogP contribution in [0.2, 0.25) is 0 Å². The maximum Gasteiger partial charge on any atom is 0.255 e. The minimum atomic E-state index is -0.148. The second-order valence-corrected chi connectivity index (χ2v) is 9.14. The third-order valence-electron chi connectivity index (χ3n) is 6.96. The quantitative estimate of drug-likeness (QED) is 0.614. The Kier molecular flexibility index (Phi) is 7.06. The summed E-state index contributed by atoms with van der Waals surface area (Å²) in [6, 6.07) is 15.7. The monoisotopic (exact) mass is 418 g/mol. The molecule has 4 rings (SSSR count). The number of carbonyl (C=O) groups excluding carboxylic acids is 2. The summed E-state index contributed by atoms with van der Waals surface area (Å²) in [7, 11) is 0. The topological polar surface area (TPSA) is 49.4 Å². The van der Waals surface area contributed by atoms with Gasteiger partial charge in [-0.1, -0.05) is 56.7 Å². The normalized spacial score (nSPS) is 17.8. The minimum Gasteiger partial charge on any atom is -0.333 e. The molecule has 0 aromatic heterocycles. The lowest BCUT2D eigenvalue weighted by Crippen LogP contribution is -2.48. The maximum absolute atomic E-state index is 13.6. The van der Waals surface area contributed by atoms with Crippen molar-refractivity contribution in [2.75, 3.05) is 5.32 Å². The van der Waals surface area contributed by atoms with Gasteiger partial charge in [-0.05, 0) is 68.5 Å². The van der Waals surface area contributed by atoms with Gasteiger partial charge in [0.05, 0.1) is 0 Å². The van der Waals surface area contributed by atoms with Gasteiger partial charge >= 0.3 is 0 Å². The van der Waals surface area contributed by atoms with Crippen molar-refractivity contribution in [2.24, 2.45) is 0 Å². The fraction of sp³-hybridized carbons (Fsp3) is 0.481. The third-order valence-corrected chi connectivity index (χ3v) is 6.96. The lowest BCUT2D eigenvalue weighted by molar-refractivity contribution is 0.0448. The summed E-state index contributed by atoms with van der Waals surface area (Å²) in [4.78, 5) is 28.5. The number of rotatable bonds is 5. The maximum atomic E-state index is 13.6. The Balaban J connectivity index is 1.49. The average molecular weight is 419 g/mol. The fourth-order valence-corrected chi connectivity index (χ4v) is 5.17. The van der Waals surface area contributed by atoms with Gasteiger partial charge in [0, 0.05) is 28.9 Å². The Morgan fingerprint density at radius 1 is 0.742 bits per heavy atom. The van der Waals surface area contributed by atoms with E-state index in [1.165, 1.54) is 38.5 Å². The van der Waals surface area contributed by atoms with Gasteiger partial charge in [-0.15, -0.1) is 0 Å². The van der Waals surface area contributed by atoms with Crippen LogP contribution in [0.1, 0.15) is 90.5 Å². The number of hydrogen-bond acceptors (Lipinski definition) is 2. The van der Waals surface area contributed by atoms with Crippen LogP contribution < -0.4 is 5.32 Å². The van der Waals surface area contributed by atoms with E-state index in [4.69, 9.17) is 0 Å². The average Bonchev–Trinajstić information content (AvgIpc) is 2.82. The number of carbonyl (C=O) groups is 2. The molecule has 2 fully saturated rings. The summed E-state index contributed by atoms with van der Waals surface area (Å²) in [6.45, 7) is 1.97. The smallest absolute Gasteiger partial charge is 0.255 e. The van der Waals surface area contributed by atoms with Crippen molar-refractivity contribution in [1.82, 2.24) is 4.90 Å². The summed E-state index contributed by atoms with van der Waals surface area (Å²) >= 11 is 0. The molecule has 0 bridgehead atoms. The molecule has 2 aromatic rings. The Bertz CT molecular complexity index is 876. The first-order valence-corrected chi connectivity index (χ1v) is 11.9. The van der Waals surface area contributed by atoms with Gasteiger partial charge in [-0.2, -0.15) is 0 Å². The van der Waals surface area contributed by atoms with Crippen molar-refractivity contribution >= 4 is 17.5 Å². The van der Waals surface area contributed by atoms with E-state index in [1.807, 2.05) is 43.3 Å². The molecule has 2 saturated carbocycles. The zero-order valence-electron chi connectivity index (χ0n) is 18.6. The summed E-state index contributed by atoms with van der Waals surface area (Å²) in [5.41, 5.74) is 3.11. The molecule has 0 unspecified atom stereocenters. The van der Waals surface area contributed by atoms with E-state index < -0.39 is 0 Å². The third kappa shape index (κ3) is 5.17. The number of para-hydroxylation sites is 1. The molecule has 0 spiro atoms. The molecule has 2 aliphatic carbocycles. The summed E-state index contributed by atoms with van der Waals surface area (Å²) in [6.07, 6.45) is 12.0. The van der Waals surface area contributed by atoms with Crippen molar-refractivity contribution in [3.05, 3.63) is 65.2 Å². The van der Waals surface area contributed by atoms with Crippen molar-refractivity contribution in [3.8, 4) is 0 Å². The summed E-state index contributed by atoms with van der Waals surface area (Å²) in [5, 5.41) is 2.97. The van der Waals surface area contributed by atoms with E-state index >= 15 is 0 Å². The summed E-state index contributed by atoms with van der Waals surface area (Å²) in [5.74, 6) is -0.00521. The van der Waals surface area contributed by atoms with Gasteiger partial charge in [0.25, 0.3) is 11.8 Å². The minimum absolute atomic E-state index is 0.143. The van der Waals surface area contributed by atoms with Crippen LogP contribution in [-0.4, -0.2) is 28.8 Å². The van der Waals surface area contributed by atoms with E-state index in [0.29, 0.717) is 23.2 Å². The molecule has 0 heterocycles. The van der Waals surface area contributed by atoms with Crippen molar-refractivity contribution in [3.63, 3.8) is 0 Å². The highest BCUT2D eigenvalue weighted by atomic mass is 16.2. The Morgan fingerprint density at radius 3 is 1.81 bits per heavy atom. The number of aryl methyl sites for hydroxylation is 1. The molecule has 4 heteroatoms. The molecule has 0 atom stereocenters. The fourth-order valence-electron chi connectivity index (χ4n) is 5.17. The van der Waals surface area contributed by atoms with E-state index in [9.17, 15) is 9.59 Å². The number of amides is 2. The first-order chi connectivity index (χ1) is 15.1. The van der Waals surface area contributed by atoms with Crippen LogP contribution in [-0.2, 0) is 0 Å². The first kappa shape index (κ1) is 21.6. The van der Waals surface area contributed by atoms with Gasteiger partial charge < -0.3 is 10.2 Å². The molecule has 0 saturated heterocycles. The van der Waals surface area contributed by atoms with Crippen LogP contribution in [0.3, 0.4) is 0 Å². The summed E-state index contributed by atoms with van der Waals surface area (Å²) < 4.78 is 0. The molecule has 2 aliphatic rings. The standard InChI is InChI=1S/C27H34N2O2/c1-20-10-8-9-15-25(20)28-26(30)21-16-18-22(19-17-21)27(31)29(23-11-4-2-5-12-23)24-13-6-3-7-14-24/h8-10,15-19,23-24H,2-7,11-14H2,1H3,(H,28,30). The van der Waals surface area contributed by atoms with Crippen LogP contribution in [0.15, 0.2) is 48.5 Å². The Hall–Kier alpha value is -2.62.